The zero-order valence-corrected chi connectivity index (χ0v) is 9.17. The van der Waals surface area contributed by atoms with Crippen LogP contribution < -0.4 is 5.56 Å². The van der Waals surface area contributed by atoms with Gasteiger partial charge in [-0.3, -0.25) is 9.36 Å². The van der Waals surface area contributed by atoms with E-state index in [-0.39, 0.29) is 15.8 Å². The first kappa shape index (κ1) is 11.2. The zero-order chi connectivity index (χ0) is 11.9. The molecule has 0 aromatic carbocycles. The standard InChI is InChI=1S/C8H4BrF3N2O2/c9-5-1-4-6(16-5)13-3-14(7(4)15)2-8(10,11)12/h1,3H,2H2. The van der Waals surface area contributed by atoms with Gasteiger partial charge in [-0.05, 0) is 15.9 Å². The Labute approximate surface area is 94.8 Å². The average molecular weight is 297 g/mol. The summed E-state index contributed by atoms with van der Waals surface area (Å²) in [6.07, 6.45) is -3.64. The van der Waals surface area contributed by atoms with E-state index in [4.69, 9.17) is 4.42 Å². The fourth-order valence-electron chi connectivity index (χ4n) is 1.24. The quantitative estimate of drug-likeness (QED) is 0.811. The lowest BCUT2D eigenvalue weighted by molar-refractivity contribution is -0.141. The molecule has 86 valence electrons. The second-order valence-corrected chi connectivity index (χ2v) is 3.84. The molecule has 2 heterocycles. The Morgan fingerprint density at radius 2 is 2.19 bits per heavy atom. The molecule has 0 N–H and O–H groups in total. The summed E-state index contributed by atoms with van der Waals surface area (Å²) < 4.78 is 42.0. The molecule has 8 heteroatoms. The molecule has 0 atom stereocenters. The van der Waals surface area contributed by atoms with Crippen LogP contribution in [-0.4, -0.2) is 15.7 Å². The normalized spacial score (nSPS) is 12.2. The van der Waals surface area contributed by atoms with E-state index in [9.17, 15) is 18.0 Å². The van der Waals surface area contributed by atoms with Crippen molar-refractivity contribution in [3.8, 4) is 0 Å². The maximum absolute atomic E-state index is 12.1. The van der Waals surface area contributed by atoms with Gasteiger partial charge in [0.1, 0.15) is 18.3 Å². The minimum absolute atomic E-state index is 0.00954. The molecular formula is C8H4BrF3N2O2. The van der Waals surface area contributed by atoms with Crippen LogP contribution in [0, 0.1) is 0 Å². The number of rotatable bonds is 1. The van der Waals surface area contributed by atoms with E-state index >= 15 is 0 Å². The van der Waals surface area contributed by atoms with E-state index in [1.54, 1.807) is 0 Å². The van der Waals surface area contributed by atoms with Gasteiger partial charge in [-0.1, -0.05) is 0 Å². The Hall–Kier alpha value is -1.31. The molecule has 0 aliphatic carbocycles. The molecule has 2 aromatic rings. The maximum Gasteiger partial charge on any atom is 0.406 e. The topological polar surface area (TPSA) is 48.0 Å². The lowest BCUT2D eigenvalue weighted by Gasteiger charge is -2.07. The van der Waals surface area contributed by atoms with Crippen LogP contribution in [0.4, 0.5) is 13.2 Å². The van der Waals surface area contributed by atoms with Gasteiger partial charge in [0.15, 0.2) is 4.67 Å². The highest BCUT2D eigenvalue weighted by Crippen LogP contribution is 2.20. The number of alkyl halides is 3. The van der Waals surface area contributed by atoms with Crippen molar-refractivity contribution in [1.82, 2.24) is 9.55 Å². The van der Waals surface area contributed by atoms with E-state index in [1.807, 2.05) is 0 Å². The Balaban J connectivity index is 2.56. The second-order valence-electron chi connectivity index (χ2n) is 3.06. The third kappa shape index (κ3) is 2.11. The van der Waals surface area contributed by atoms with Crippen molar-refractivity contribution in [2.24, 2.45) is 0 Å². The number of nitrogens with zero attached hydrogens (tertiary/aromatic N) is 2. The van der Waals surface area contributed by atoms with Gasteiger partial charge in [-0.2, -0.15) is 13.2 Å². The van der Waals surface area contributed by atoms with Crippen LogP contribution in [0.2, 0.25) is 0 Å². The molecule has 0 fully saturated rings. The van der Waals surface area contributed by atoms with Crippen LogP contribution in [0.5, 0.6) is 0 Å². The molecule has 0 spiro atoms. The number of hydrogen-bond acceptors (Lipinski definition) is 3. The number of hydrogen-bond donors (Lipinski definition) is 0. The molecule has 0 unspecified atom stereocenters. The lowest BCUT2D eigenvalue weighted by Crippen LogP contribution is -2.27. The highest BCUT2D eigenvalue weighted by atomic mass is 79.9. The Morgan fingerprint density at radius 1 is 1.50 bits per heavy atom. The molecule has 0 saturated heterocycles. The summed E-state index contributed by atoms with van der Waals surface area (Å²) in [4.78, 5) is 15.2. The van der Waals surface area contributed by atoms with Gasteiger partial charge in [-0.25, -0.2) is 4.98 Å². The van der Waals surface area contributed by atoms with Gasteiger partial charge >= 0.3 is 6.18 Å². The predicted molar refractivity (Wildman–Crippen MR) is 52.0 cm³/mol. The molecule has 0 amide bonds. The summed E-state index contributed by atoms with van der Waals surface area (Å²) in [5, 5.41) is 0.0126. The molecular weight excluding hydrogens is 293 g/mol. The van der Waals surface area contributed by atoms with Gasteiger partial charge < -0.3 is 4.42 Å². The smallest absolute Gasteiger partial charge is 0.406 e. The summed E-state index contributed by atoms with van der Waals surface area (Å²) in [6.45, 7) is -1.36. The lowest BCUT2D eigenvalue weighted by atomic mass is 10.4. The highest BCUT2D eigenvalue weighted by molar-refractivity contribution is 9.10. The number of halogens is 4. The summed E-state index contributed by atoms with van der Waals surface area (Å²) in [5.74, 6) is 0. The fraction of sp³-hybridized carbons (Fsp3) is 0.250. The van der Waals surface area contributed by atoms with Crippen LogP contribution >= 0.6 is 15.9 Å². The fourth-order valence-corrected chi connectivity index (χ4v) is 1.62. The van der Waals surface area contributed by atoms with E-state index in [0.717, 1.165) is 6.33 Å². The molecule has 0 radical (unpaired) electrons. The van der Waals surface area contributed by atoms with Crippen molar-refractivity contribution < 1.29 is 17.6 Å². The SMILES string of the molecule is O=c1c2cc(Br)oc2ncn1CC(F)(F)F. The maximum atomic E-state index is 12.1. The predicted octanol–water partition coefficient (Wildman–Crippen LogP) is 2.31. The third-order valence-electron chi connectivity index (χ3n) is 1.84. The first-order chi connectivity index (χ1) is 7.37. The van der Waals surface area contributed by atoms with Gasteiger partial charge in [-0.15, -0.1) is 0 Å². The molecule has 0 bridgehead atoms. The minimum atomic E-state index is -4.46. The van der Waals surface area contributed by atoms with Crippen LogP contribution in [-0.2, 0) is 6.54 Å². The van der Waals surface area contributed by atoms with E-state index in [2.05, 4.69) is 20.9 Å². The Bertz CT molecular complexity index is 587. The van der Waals surface area contributed by atoms with Gasteiger partial charge in [0, 0.05) is 6.07 Å². The molecule has 2 rings (SSSR count). The third-order valence-corrected chi connectivity index (χ3v) is 2.23. The van der Waals surface area contributed by atoms with E-state index in [0.29, 0.717) is 4.57 Å². The summed E-state index contributed by atoms with van der Waals surface area (Å²) in [5.41, 5.74) is -0.771. The molecule has 0 aliphatic heterocycles. The van der Waals surface area contributed by atoms with Crippen molar-refractivity contribution in [2.75, 3.05) is 0 Å². The van der Waals surface area contributed by atoms with E-state index in [1.165, 1.54) is 6.07 Å². The summed E-state index contributed by atoms with van der Waals surface area (Å²) >= 11 is 2.97. The van der Waals surface area contributed by atoms with Crippen LogP contribution in [0.25, 0.3) is 11.1 Å². The van der Waals surface area contributed by atoms with Crippen molar-refractivity contribution >= 4 is 27.0 Å². The van der Waals surface area contributed by atoms with Crippen LogP contribution in [0.15, 0.2) is 26.3 Å². The first-order valence-electron chi connectivity index (χ1n) is 4.08. The zero-order valence-electron chi connectivity index (χ0n) is 7.58. The minimum Gasteiger partial charge on any atom is -0.431 e. The van der Waals surface area contributed by atoms with Gasteiger partial charge in [0.25, 0.3) is 5.56 Å². The largest absolute Gasteiger partial charge is 0.431 e. The first-order valence-corrected chi connectivity index (χ1v) is 4.87. The Morgan fingerprint density at radius 3 is 2.81 bits per heavy atom. The number of furan rings is 1. The molecule has 0 aliphatic rings. The van der Waals surface area contributed by atoms with Crippen molar-refractivity contribution in [2.45, 2.75) is 12.7 Å². The molecule has 0 saturated carbocycles. The van der Waals surface area contributed by atoms with Crippen molar-refractivity contribution in [3.63, 3.8) is 0 Å². The summed E-state index contributed by atoms with van der Waals surface area (Å²) in [7, 11) is 0. The highest BCUT2D eigenvalue weighted by Gasteiger charge is 2.29. The second kappa shape index (κ2) is 3.62. The van der Waals surface area contributed by atoms with Crippen molar-refractivity contribution in [3.05, 3.63) is 27.4 Å². The van der Waals surface area contributed by atoms with Gasteiger partial charge in [0.2, 0.25) is 5.71 Å². The molecule has 16 heavy (non-hydrogen) atoms. The molecule has 4 nitrogen and oxygen atoms in total. The summed E-state index contributed by atoms with van der Waals surface area (Å²) in [6, 6.07) is 1.29. The average Bonchev–Trinajstić information content (AvgIpc) is 2.50. The Kier molecular flexibility index (Phi) is 2.53. The molecule has 2 aromatic heterocycles. The monoisotopic (exact) mass is 296 g/mol. The number of aromatic nitrogens is 2. The van der Waals surface area contributed by atoms with Crippen molar-refractivity contribution in [1.29, 1.82) is 0 Å². The number of fused-ring (bicyclic) bond motifs is 1. The van der Waals surface area contributed by atoms with Gasteiger partial charge in [0.05, 0.1) is 0 Å². The van der Waals surface area contributed by atoms with E-state index < -0.39 is 18.3 Å². The van der Waals surface area contributed by atoms with Crippen LogP contribution in [0.3, 0.4) is 0 Å². The van der Waals surface area contributed by atoms with Crippen LogP contribution in [0.1, 0.15) is 0 Å².